The lowest BCUT2D eigenvalue weighted by atomic mass is 9.64. The van der Waals surface area contributed by atoms with E-state index in [0.29, 0.717) is 5.41 Å². The third-order valence-electron chi connectivity index (χ3n) is 2.38. The van der Waals surface area contributed by atoms with Crippen LogP contribution in [0.2, 0.25) is 5.31 Å². The highest BCUT2D eigenvalue weighted by Gasteiger charge is 2.34. The summed E-state index contributed by atoms with van der Waals surface area (Å²) in [6.07, 6.45) is 2.47. The maximum absolute atomic E-state index is 6.11. The summed E-state index contributed by atoms with van der Waals surface area (Å²) in [5.41, 5.74) is 0.355. The number of thioether (sulfide) groups is 2. The van der Waals surface area contributed by atoms with E-state index >= 15 is 0 Å². The van der Waals surface area contributed by atoms with Gasteiger partial charge in [-0.1, -0.05) is 33.0 Å². The Balaban J connectivity index is 2.54. The van der Waals surface area contributed by atoms with Gasteiger partial charge >= 0.3 is 0 Å². The molecule has 0 unspecified atom stereocenters. The van der Waals surface area contributed by atoms with Crippen molar-refractivity contribution in [3.63, 3.8) is 0 Å². The van der Waals surface area contributed by atoms with Crippen molar-refractivity contribution in [2.24, 2.45) is 5.41 Å². The number of rotatable bonds is 3. The number of hydrogen-bond donors (Lipinski definition) is 0. The molecule has 80 valence electrons. The zero-order valence-corrected chi connectivity index (χ0v) is 11.4. The summed E-state index contributed by atoms with van der Waals surface area (Å²) >= 11 is 4.24. The van der Waals surface area contributed by atoms with E-state index in [1.807, 2.05) is 0 Å². The van der Waals surface area contributed by atoms with Gasteiger partial charge in [0.1, 0.15) is 0 Å². The van der Waals surface area contributed by atoms with Gasteiger partial charge in [0.05, 0.1) is 12.4 Å². The Kier molecular flexibility index (Phi) is 4.34. The van der Waals surface area contributed by atoms with E-state index in [-0.39, 0.29) is 5.31 Å². The van der Waals surface area contributed by atoms with Gasteiger partial charge in [-0.05, 0) is 29.8 Å². The van der Waals surface area contributed by atoms with Gasteiger partial charge in [0.15, 0.2) is 0 Å². The smallest absolute Gasteiger partial charge is 0.0739 e. The average Bonchev–Trinajstić information content (AvgIpc) is 2.01. The van der Waals surface area contributed by atoms with Gasteiger partial charge < -0.3 is 0 Å². The summed E-state index contributed by atoms with van der Waals surface area (Å²) in [5.74, 6) is 2.65. The van der Waals surface area contributed by atoms with Crippen LogP contribution >= 0.6 is 23.5 Å². The Hall–Kier alpha value is 0.765. The minimum Gasteiger partial charge on any atom is -0.147 e. The Bertz CT molecular complexity index is 178. The van der Waals surface area contributed by atoms with Crippen LogP contribution in [-0.4, -0.2) is 23.9 Å². The lowest BCUT2D eigenvalue weighted by Gasteiger charge is -2.40. The van der Waals surface area contributed by atoms with E-state index in [1.165, 1.54) is 17.9 Å². The van der Waals surface area contributed by atoms with Crippen molar-refractivity contribution in [3.8, 4) is 0 Å². The topological polar surface area (TPSA) is 0 Å². The molecule has 0 bridgehead atoms. The molecule has 0 aromatic heterocycles. The zero-order chi connectivity index (χ0) is 10.8. The van der Waals surface area contributed by atoms with Crippen LogP contribution in [0.15, 0.2) is 0 Å². The molecule has 0 saturated carbocycles. The molecule has 0 amide bonds. The van der Waals surface area contributed by atoms with Crippen molar-refractivity contribution in [3.05, 3.63) is 0 Å². The third kappa shape index (κ3) is 4.10. The van der Waals surface area contributed by atoms with Crippen molar-refractivity contribution in [1.29, 1.82) is 0 Å². The van der Waals surface area contributed by atoms with Gasteiger partial charge in [-0.25, -0.2) is 0 Å². The second-order valence-electron chi connectivity index (χ2n) is 5.58. The van der Waals surface area contributed by atoms with Gasteiger partial charge in [-0.15, -0.1) is 23.5 Å². The maximum Gasteiger partial charge on any atom is 0.0739 e. The summed E-state index contributed by atoms with van der Waals surface area (Å²) in [6.45, 7) is 8.98. The fourth-order valence-corrected chi connectivity index (χ4v) is 5.46. The Morgan fingerprint density at radius 2 is 1.64 bits per heavy atom. The molecule has 0 aromatic rings. The van der Waals surface area contributed by atoms with Crippen LogP contribution in [0.5, 0.6) is 0 Å². The second-order valence-corrected chi connectivity index (χ2v) is 8.31. The van der Waals surface area contributed by atoms with Gasteiger partial charge in [0, 0.05) is 0 Å². The molecule has 0 nitrogen and oxygen atoms in total. The molecule has 14 heavy (non-hydrogen) atoms. The first-order valence-electron chi connectivity index (χ1n) is 5.33. The third-order valence-corrected chi connectivity index (χ3v) is 6.12. The molecule has 0 aromatic carbocycles. The minimum atomic E-state index is -0.0396. The largest absolute Gasteiger partial charge is 0.147 e. The molecular weight excluding hydrogens is 207 g/mol. The first-order valence-corrected chi connectivity index (χ1v) is 7.43. The first kappa shape index (κ1) is 12.8. The van der Waals surface area contributed by atoms with Crippen LogP contribution < -0.4 is 0 Å². The highest BCUT2D eigenvalue weighted by atomic mass is 32.2. The van der Waals surface area contributed by atoms with E-state index in [0.717, 1.165) is 11.0 Å². The summed E-state index contributed by atoms with van der Waals surface area (Å²) in [6, 6.07) is 0. The summed E-state index contributed by atoms with van der Waals surface area (Å²) in [7, 11) is 6.11. The van der Waals surface area contributed by atoms with Crippen molar-refractivity contribution >= 4 is 31.4 Å². The molecule has 1 heterocycles. The number of hydrogen-bond acceptors (Lipinski definition) is 2. The first-order chi connectivity index (χ1) is 6.31. The SMILES string of the molecule is [B]C(C)(C)CC(C)(C)C1SCCCS1. The lowest BCUT2D eigenvalue weighted by Crippen LogP contribution is -2.30. The molecule has 0 atom stereocenters. The molecule has 0 N–H and O–H groups in total. The van der Waals surface area contributed by atoms with E-state index < -0.39 is 0 Å². The van der Waals surface area contributed by atoms with Crippen molar-refractivity contribution in [2.45, 2.75) is 50.4 Å². The maximum atomic E-state index is 6.11. The molecule has 1 fully saturated rings. The fraction of sp³-hybridized carbons (Fsp3) is 1.00. The Labute approximate surface area is 98.8 Å². The molecule has 0 aliphatic carbocycles. The molecule has 2 radical (unpaired) electrons. The predicted octanol–water partition coefficient (Wildman–Crippen LogP) is 3.97. The summed E-state index contributed by atoms with van der Waals surface area (Å²) in [4.78, 5) is 0. The monoisotopic (exact) mass is 228 g/mol. The van der Waals surface area contributed by atoms with E-state index in [4.69, 9.17) is 7.85 Å². The molecule has 3 heteroatoms. The summed E-state index contributed by atoms with van der Waals surface area (Å²) < 4.78 is 0.735. The van der Waals surface area contributed by atoms with E-state index in [1.54, 1.807) is 0 Å². The van der Waals surface area contributed by atoms with E-state index in [2.05, 4.69) is 51.2 Å². The summed E-state index contributed by atoms with van der Waals surface area (Å²) in [5, 5.41) is -0.0396. The minimum absolute atomic E-state index is 0.0396. The molecule has 0 spiro atoms. The van der Waals surface area contributed by atoms with E-state index in [9.17, 15) is 0 Å². The predicted molar refractivity (Wildman–Crippen MR) is 71.5 cm³/mol. The molecule has 1 aliphatic heterocycles. The quantitative estimate of drug-likeness (QED) is 0.670. The molecule has 1 rings (SSSR count). The van der Waals surface area contributed by atoms with Gasteiger partial charge in [-0.2, -0.15) is 0 Å². The Morgan fingerprint density at radius 3 is 2.07 bits per heavy atom. The van der Waals surface area contributed by atoms with Crippen LogP contribution in [0.4, 0.5) is 0 Å². The molecular formula is C11H21BS2. The lowest BCUT2D eigenvalue weighted by molar-refractivity contribution is 0.324. The van der Waals surface area contributed by atoms with Gasteiger partial charge in [0.2, 0.25) is 0 Å². The molecule has 1 saturated heterocycles. The van der Waals surface area contributed by atoms with Crippen LogP contribution in [0, 0.1) is 5.41 Å². The van der Waals surface area contributed by atoms with Gasteiger partial charge in [-0.3, -0.25) is 0 Å². The second kappa shape index (κ2) is 4.73. The molecule has 1 aliphatic rings. The fourth-order valence-electron chi connectivity index (χ4n) is 2.20. The normalized spacial score (nSPS) is 21.1. The van der Waals surface area contributed by atoms with Crippen molar-refractivity contribution in [1.82, 2.24) is 0 Å². The Morgan fingerprint density at radius 1 is 1.14 bits per heavy atom. The zero-order valence-electron chi connectivity index (χ0n) is 9.80. The van der Waals surface area contributed by atoms with Crippen molar-refractivity contribution in [2.75, 3.05) is 11.5 Å². The van der Waals surface area contributed by atoms with Crippen LogP contribution in [-0.2, 0) is 0 Å². The highest BCUT2D eigenvalue weighted by Crippen LogP contribution is 2.48. The van der Waals surface area contributed by atoms with Gasteiger partial charge in [0.25, 0.3) is 0 Å². The van der Waals surface area contributed by atoms with Crippen LogP contribution in [0.1, 0.15) is 40.5 Å². The van der Waals surface area contributed by atoms with Crippen LogP contribution in [0.25, 0.3) is 0 Å². The highest BCUT2D eigenvalue weighted by molar-refractivity contribution is 8.17. The average molecular weight is 228 g/mol. The van der Waals surface area contributed by atoms with Crippen LogP contribution in [0.3, 0.4) is 0 Å². The van der Waals surface area contributed by atoms with Crippen molar-refractivity contribution < 1.29 is 0 Å². The standard InChI is InChI=1S/C11H21BS2/c1-10(2,8-11(3,4)12)9-13-6-5-7-14-9/h9H,5-8H2,1-4H3.